The van der Waals surface area contributed by atoms with Crippen LogP contribution in [-0.4, -0.2) is 26.7 Å². The van der Waals surface area contributed by atoms with Crippen molar-refractivity contribution >= 4 is 15.7 Å². The van der Waals surface area contributed by atoms with Gasteiger partial charge in [0.2, 0.25) is 0 Å². The molecule has 0 saturated heterocycles. The van der Waals surface area contributed by atoms with Crippen LogP contribution in [-0.2, 0) is 14.6 Å². The van der Waals surface area contributed by atoms with Crippen molar-refractivity contribution < 1.29 is 22.3 Å². The van der Waals surface area contributed by atoms with Gasteiger partial charge in [0, 0.05) is 6.26 Å². The number of halogens is 1. The van der Waals surface area contributed by atoms with Gasteiger partial charge in [0.05, 0.1) is 10.9 Å². The van der Waals surface area contributed by atoms with Crippen molar-refractivity contribution in [2.75, 3.05) is 6.26 Å². The molecule has 2 rings (SSSR count). The molecule has 2 atom stereocenters. The highest BCUT2D eigenvalue weighted by Gasteiger charge is 2.18. The average Bonchev–Trinajstić information content (AvgIpc) is 2.55. The van der Waals surface area contributed by atoms with Crippen molar-refractivity contribution in [2.45, 2.75) is 30.9 Å². The zero-order valence-electron chi connectivity index (χ0n) is 14.2. The van der Waals surface area contributed by atoms with E-state index in [9.17, 15) is 17.6 Å². The van der Waals surface area contributed by atoms with Crippen molar-refractivity contribution in [1.29, 1.82) is 0 Å². The molecule has 2 unspecified atom stereocenters. The number of hydrogen-bond donors (Lipinski definition) is 1. The molecule has 1 amide bonds. The number of sulfone groups is 1. The number of rotatable bonds is 6. The molecular weight excluding hydrogens is 345 g/mol. The predicted octanol–water partition coefficient (Wildman–Crippen LogP) is 2.87. The molecule has 134 valence electrons. The fourth-order valence-electron chi connectivity index (χ4n) is 2.19. The van der Waals surface area contributed by atoms with Crippen LogP contribution in [0.25, 0.3) is 0 Å². The molecule has 2 aromatic rings. The van der Waals surface area contributed by atoms with Gasteiger partial charge in [-0.05, 0) is 55.8 Å². The zero-order valence-corrected chi connectivity index (χ0v) is 15.0. The summed E-state index contributed by atoms with van der Waals surface area (Å²) in [4.78, 5) is 12.4. The first-order valence-electron chi connectivity index (χ1n) is 7.69. The van der Waals surface area contributed by atoms with Crippen LogP contribution in [0.5, 0.6) is 5.75 Å². The first kappa shape index (κ1) is 18.9. The van der Waals surface area contributed by atoms with E-state index >= 15 is 0 Å². The molecule has 0 bridgehead atoms. The molecule has 0 heterocycles. The number of ether oxygens (including phenoxy) is 1. The third-order valence-electron chi connectivity index (χ3n) is 3.66. The van der Waals surface area contributed by atoms with E-state index in [1.165, 1.54) is 36.4 Å². The lowest BCUT2D eigenvalue weighted by atomic mass is 10.1. The summed E-state index contributed by atoms with van der Waals surface area (Å²) in [6, 6.07) is 11.4. The van der Waals surface area contributed by atoms with E-state index in [-0.39, 0.29) is 22.7 Å². The van der Waals surface area contributed by atoms with Gasteiger partial charge in [-0.2, -0.15) is 0 Å². The highest BCUT2D eigenvalue weighted by molar-refractivity contribution is 7.90. The van der Waals surface area contributed by atoms with E-state index in [1.807, 2.05) is 0 Å². The molecule has 0 fully saturated rings. The van der Waals surface area contributed by atoms with Gasteiger partial charge >= 0.3 is 0 Å². The lowest BCUT2D eigenvalue weighted by molar-refractivity contribution is -0.127. The molecule has 0 radical (unpaired) electrons. The molecular formula is C18H20FNO4S. The Kier molecular flexibility index (Phi) is 5.79. The molecule has 0 aliphatic carbocycles. The van der Waals surface area contributed by atoms with Crippen molar-refractivity contribution in [3.05, 3.63) is 59.9 Å². The molecule has 7 heteroatoms. The SMILES string of the molecule is CC(Oc1ccc(S(C)(=O)=O)cc1)C(=O)NC(C)c1ccc(F)cc1. The molecule has 0 aromatic heterocycles. The van der Waals surface area contributed by atoms with Gasteiger partial charge in [-0.1, -0.05) is 12.1 Å². The Bertz CT molecular complexity index is 832. The number of carbonyl (C=O) groups excluding carboxylic acids is 1. The molecule has 0 spiro atoms. The second-order valence-electron chi connectivity index (χ2n) is 5.79. The predicted molar refractivity (Wildman–Crippen MR) is 92.6 cm³/mol. The average molecular weight is 365 g/mol. The number of benzene rings is 2. The minimum atomic E-state index is -3.28. The minimum absolute atomic E-state index is 0.182. The van der Waals surface area contributed by atoms with E-state index in [4.69, 9.17) is 4.74 Å². The van der Waals surface area contributed by atoms with Gasteiger partial charge in [-0.25, -0.2) is 12.8 Å². The third-order valence-corrected chi connectivity index (χ3v) is 4.79. The van der Waals surface area contributed by atoms with Crippen LogP contribution in [0.1, 0.15) is 25.5 Å². The maximum absolute atomic E-state index is 12.9. The number of nitrogens with one attached hydrogen (secondary N) is 1. The normalized spacial score (nSPS) is 13.8. The van der Waals surface area contributed by atoms with Crippen LogP contribution < -0.4 is 10.1 Å². The van der Waals surface area contributed by atoms with E-state index in [1.54, 1.807) is 26.0 Å². The summed E-state index contributed by atoms with van der Waals surface area (Å²) in [5, 5.41) is 2.79. The summed E-state index contributed by atoms with van der Waals surface area (Å²) < 4.78 is 41.3. The highest BCUT2D eigenvalue weighted by atomic mass is 32.2. The largest absolute Gasteiger partial charge is 0.481 e. The Balaban J connectivity index is 1.96. The van der Waals surface area contributed by atoms with Gasteiger partial charge in [-0.3, -0.25) is 4.79 Å². The Morgan fingerprint density at radius 2 is 1.60 bits per heavy atom. The minimum Gasteiger partial charge on any atom is -0.481 e. The van der Waals surface area contributed by atoms with Crippen LogP contribution in [0.15, 0.2) is 53.4 Å². The summed E-state index contributed by atoms with van der Waals surface area (Å²) in [6.45, 7) is 3.38. The van der Waals surface area contributed by atoms with Crippen LogP contribution in [0.2, 0.25) is 0 Å². The van der Waals surface area contributed by atoms with Gasteiger partial charge in [-0.15, -0.1) is 0 Å². The van der Waals surface area contributed by atoms with Crippen molar-refractivity contribution in [3.63, 3.8) is 0 Å². The van der Waals surface area contributed by atoms with Crippen molar-refractivity contribution in [2.24, 2.45) is 0 Å². The van der Waals surface area contributed by atoms with Gasteiger partial charge in [0.15, 0.2) is 15.9 Å². The van der Waals surface area contributed by atoms with Gasteiger partial charge in [0.25, 0.3) is 5.91 Å². The fourth-order valence-corrected chi connectivity index (χ4v) is 2.82. The second-order valence-corrected chi connectivity index (χ2v) is 7.80. The lowest BCUT2D eigenvalue weighted by Gasteiger charge is -2.19. The second kappa shape index (κ2) is 7.65. The van der Waals surface area contributed by atoms with Crippen molar-refractivity contribution in [3.8, 4) is 5.75 Å². The number of carbonyl (C=O) groups is 1. The van der Waals surface area contributed by atoms with Crippen LogP contribution in [0, 0.1) is 5.82 Å². The Morgan fingerprint density at radius 3 is 2.12 bits per heavy atom. The summed E-state index contributed by atoms with van der Waals surface area (Å²) in [6.07, 6.45) is 0.349. The Morgan fingerprint density at radius 1 is 1.04 bits per heavy atom. The quantitative estimate of drug-likeness (QED) is 0.854. The Labute approximate surface area is 146 Å². The summed E-state index contributed by atoms with van der Waals surface area (Å²) in [5.74, 6) is -0.273. The van der Waals surface area contributed by atoms with Crippen LogP contribution >= 0.6 is 0 Å². The molecule has 1 N–H and O–H groups in total. The highest BCUT2D eigenvalue weighted by Crippen LogP contribution is 2.18. The molecule has 5 nitrogen and oxygen atoms in total. The molecule has 0 saturated carbocycles. The molecule has 25 heavy (non-hydrogen) atoms. The monoisotopic (exact) mass is 365 g/mol. The van der Waals surface area contributed by atoms with Crippen LogP contribution in [0.3, 0.4) is 0 Å². The summed E-state index contributed by atoms with van der Waals surface area (Å²) in [5.41, 5.74) is 0.777. The Hall–Kier alpha value is -2.41. The molecule has 2 aromatic carbocycles. The van der Waals surface area contributed by atoms with E-state index in [0.29, 0.717) is 5.75 Å². The van der Waals surface area contributed by atoms with E-state index in [0.717, 1.165) is 11.8 Å². The third kappa shape index (κ3) is 5.29. The summed E-state index contributed by atoms with van der Waals surface area (Å²) >= 11 is 0. The van der Waals surface area contributed by atoms with Gasteiger partial charge < -0.3 is 10.1 Å². The first-order chi connectivity index (χ1) is 11.7. The van der Waals surface area contributed by atoms with E-state index < -0.39 is 15.9 Å². The molecule has 0 aliphatic rings. The topological polar surface area (TPSA) is 72.5 Å². The van der Waals surface area contributed by atoms with Crippen molar-refractivity contribution in [1.82, 2.24) is 5.32 Å². The van der Waals surface area contributed by atoms with Gasteiger partial charge in [0.1, 0.15) is 11.6 Å². The smallest absolute Gasteiger partial charge is 0.261 e. The maximum Gasteiger partial charge on any atom is 0.261 e. The standard InChI is InChI=1S/C18H20FNO4S/c1-12(14-4-6-15(19)7-5-14)20-18(21)13(2)24-16-8-10-17(11-9-16)25(3,22)23/h4-13H,1-3H3,(H,20,21). The number of hydrogen-bond acceptors (Lipinski definition) is 4. The summed E-state index contributed by atoms with van der Waals surface area (Å²) in [7, 11) is -3.28. The van der Waals surface area contributed by atoms with Crippen LogP contribution in [0.4, 0.5) is 4.39 Å². The first-order valence-corrected chi connectivity index (χ1v) is 9.58. The lowest BCUT2D eigenvalue weighted by Crippen LogP contribution is -2.37. The zero-order chi connectivity index (χ0) is 18.6. The van der Waals surface area contributed by atoms with E-state index in [2.05, 4.69) is 5.32 Å². The maximum atomic E-state index is 12.9. The fraction of sp³-hybridized carbons (Fsp3) is 0.278. The molecule has 0 aliphatic heterocycles. The number of amides is 1.